The molecule has 1 N–H and O–H groups in total. The van der Waals surface area contributed by atoms with Crippen LogP contribution in [-0.2, 0) is 0 Å². The van der Waals surface area contributed by atoms with E-state index in [1.807, 2.05) is 6.07 Å². The summed E-state index contributed by atoms with van der Waals surface area (Å²) in [6.45, 7) is 8.50. The first-order valence-corrected chi connectivity index (χ1v) is 7.02. The van der Waals surface area contributed by atoms with E-state index in [1.54, 1.807) is 0 Å². The van der Waals surface area contributed by atoms with E-state index >= 15 is 0 Å². The smallest absolute Gasteiger partial charge is 0.142 e. The van der Waals surface area contributed by atoms with E-state index in [0.717, 1.165) is 38.4 Å². The lowest BCUT2D eigenvalue weighted by Crippen LogP contribution is -2.41. The number of fused-ring (bicyclic) bond motifs is 1. The Labute approximate surface area is 110 Å². The predicted octanol–water partition coefficient (Wildman–Crippen LogP) is 2.66. The number of rotatable bonds is 5. The van der Waals surface area contributed by atoms with Gasteiger partial charge >= 0.3 is 0 Å². The minimum absolute atomic E-state index is 0.499. The molecule has 2 rings (SSSR count). The van der Waals surface area contributed by atoms with Crippen molar-refractivity contribution in [2.75, 3.05) is 31.1 Å². The first-order chi connectivity index (χ1) is 8.83. The minimum atomic E-state index is 0.499. The van der Waals surface area contributed by atoms with E-state index in [-0.39, 0.29) is 0 Å². The third-order valence-electron chi connectivity index (χ3n) is 3.37. The molecule has 1 unspecified atom stereocenters. The first-order valence-electron chi connectivity index (χ1n) is 7.02. The van der Waals surface area contributed by atoms with E-state index < -0.39 is 0 Å². The zero-order valence-electron chi connectivity index (χ0n) is 11.5. The van der Waals surface area contributed by atoms with Gasteiger partial charge in [-0.3, -0.25) is 0 Å². The molecule has 1 aliphatic rings. The molecule has 3 nitrogen and oxygen atoms in total. The summed E-state index contributed by atoms with van der Waals surface area (Å²) >= 11 is 0. The monoisotopic (exact) mass is 248 g/mol. The maximum Gasteiger partial charge on any atom is 0.142 e. The lowest BCUT2D eigenvalue weighted by molar-refractivity contribution is 0.322. The Morgan fingerprint density at radius 1 is 1.39 bits per heavy atom. The summed E-state index contributed by atoms with van der Waals surface area (Å²) in [5.41, 5.74) is 1.24. The Kier molecular flexibility index (Phi) is 4.88. The van der Waals surface area contributed by atoms with Crippen LogP contribution < -0.4 is 15.0 Å². The average Bonchev–Trinajstić information content (AvgIpc) is 2.61. The Morgan fingerprint density at radius 3 is 3.06 bits per heavy atom. The fourth-order valence-electron chi connectivity index (χ4n) is 2.41. The summed E-state index contributed by atoms with van der Waals surface area (Å²) in [6.07, 6.45) is 2.28. The number of anilines is 1. The predicted molar refractivity (Wildman–Crippen MR) is 76.5 cm³/mol. The standard InChI is InChI=1S/C15H24N2O/c1-3-9-16-12-13(2)17-10-6-11-18-15-8-5-4-7-14(15)17/h4-5,7-8,13,16H,3,6,9-12H2,1-2H3. The third kappa shape index (κ3) is 3.16. The second-order valence-electron chi connectivity index (χ2n) is 4.92. The van der Waals surface area contributed by atoms with Crippen molar-refractivity contribution in [1.82, 2.24) is 5.32 Å². The van der Waals surface area contributed by atoms with Crippen molar-refractivity contribution in [1.29, 1.82) is 0 Å². The Hall–Kier alpha value is -1.22. The van der Waals surface area contributed by atoms with E-state index in [0.29, 0.717) is 6.04 Å². The van der Waals surface area contributed by atoms with Crippen LogP contribution in [-0.4, -0.2) is 32.3 Å². The zero-order valence-corrected chi connectivity index (χ0v) is 11.5. The quantitative estimate of drug-likeness (QED) is 0.811. The highest BCUT2D eigenvalue weighted by molar-refractivity contribution is 5.59. The Morgan fingerprint density at radius 2 is 2.22 bits per heavy atom. The molecule has 18 heavy (non-hydrogen) atoms. The van der Waals surface area contributed by atoms with Gasteiger partial charge in [0.2, 0.25) is 0 Å². The number of nitrogens with one attached hydrogen (secondary N) is 1. The van der Waals surface area contributed by atoms with Gasteiger partial charge in [0.15, 0.2) is 0 Å². The highest BCUT2D eigenvalue weighted by atomic mass is 16.5. The molecule has 0 aromatic heterocycles. The van der Waals surface area contributed by atoms with Crippen LogP contribution in [0.2, 0.25) is 0 Å². The maximum atomic E-state index is 5.79. The van der Waals surface area contributed by atoms with Crippen molar-refractivity contribution in [3.63, 3.8) is 0 Å². The van der Waals surface area contributed by atoms with Crippen LogP contribution in [0.3, 0.4) is 0 Å². The van der Waals surface area contributed by atoms with Crippen molar-refractivity contribution in [3.05, 3.63) is 24.3 Å². The molecule has 1 aliphatic heterocycles. The highest BCUT2D eigenvalue weighted by Crippen LogP contribution is 2.31. The molecule has 0 aliphatic carbocycles. The number of hydrogen-bond acceptors (Lipinski definition) is 3. The van der Waals surface area contributed by atoms with Crippen LogP contribution in [0.15, 0.2) is 24.3 Å². The van der Waals surface area contributed by atoms with E-state index in [9.17, 15) is 0 Å². The maximum absolute atomic E-state index is 5.79. The van der Waals surface area contributed by atoms with E-state index in [2.05, 4.69) is 42.3 Å². The van der Waals surface area contributed by atoms with Crippen LogP contribution in [0, 0.1) is 0 Å². The fraction of sp³-hybridized carbons (Fsp3) is 0.600. The van der Waals surface area contributed by atoms with Gasteiger partial charge in [-0.15, -0.1) is 0 Å². The number of benzene rings is 1. The summed E-state index contributed by atoms with van der Waals surface area (Å²) in [6, 6.07) is 8.87. The summed E-state index contributed by atoms with van der Waals surface area (Å²) in [5.74, 6) is 1.03. The molecule has 1 aromatic carbocycles. The molecular formula is C15H24N2O. The topological polar surface area (TPSA) is 24.5 Å². The van der Waals surface area contributed by atoms with Gasteiger partial charge in [-0.1, -0.05) is 19.1 Å². The lowest BCUT2D eigenvalue weighted by Gasteiger charge is -2.30. The van der Waals surface area contributed by atoms with Gasteiger partial charge in [-0.25, -0.2) is 0 Å². The summed E-state index contributed by atoms with van der Waals surface area (Å²) in [7, 11) is 0. The molecule has 0 spiro atoms. The van der Waals surface area contributed by atoms with Gasteiger partial charge in [0.1, 0.15) is 5.75 Å². The third-order valence-corrected chi connectivity index (χ3v) is 3.37. The number of ether oxygens (including phenoxy) is 1. The van der Waals surface area contributed by atoms with Gasteiger partial charge in [-0.2, -0.15) is 0 Å². The van der Waals surface area contributed by atoms with Crippen molar-refractivity contribution in [2.24, 2.45) is 0 Å². The minimum Gasteiger partial charge on any atom is -0.491 e. The fourth-order valence-corrected chi connectivity index (χ4v) is 2.41. The van der Waals surface area contributed by atoms with Gasteiger partial charge in [0, 0.05) is 19.1 Å². The average molecular weight is 248 g/mol. The number of hydrogen-bond donors (Lipinski definition) is 1. The first kappa shape index (κ1) is 13.2. The summed E-state index contributed by atoms with van der Waals surface area (Å²) < 4.78 is 5.79. The molecule has 0 bridgehead atoms. The molecule has 0 saturated carbocycles. The van der Waals surface area contributed by atoms with Crippen LogP contribution >= 0.6 is 0 Å². The molecule has 0 fully saturated rings. The lowest BCUT2D eigenvalue weighted by atomic mass is 10.2. The molecule has 100 valence electrons. The second-order valence-corrected chi connectivity index (χ2v) is 4.92. The van der Waals surface area contributed by atoms with Crippen LogP contribution in [0.1, 0.15) is 26.7 Å². The molecule has 0 radical (unpaired) electrons. The second kappa shape index (κ2) is 6.64. The van der Waals surface area contributed by atoms with Crippen molar-refractivity contribution in [3.8, 4) is 5.75 Å². The van der Waals surface area contributed by atoms with Crippen LogP contribution in [0.5, 0.6) is 5.75 Å². The molecule has 1 aromatic rings. The molecule has 0 amide bonds. The molecule has 1 atom stereocenters. The summed E-state index contributed by atoms with van der Waals surface area (Å²) in [5, 5.41) is 3.50. The molecular weight excluding hydrogens is 224 g/mol. The Balaban J connectivity index is 2.07. The number of nitrogens with zero attached hydrogens (tertiary/aromatic N) is 1. The van der Waals surface area contributed by atoms with Gasteiger partial charge in [-0.05, 0) is 38.4 Å². The number of para-hydroxylation sites is 2. The SMILES string of the molecule is CCCNCC(C)N1CCCOc2ccccc21. The van der Waals surface area contributed by atoms with Crippen LogP contribution in [0.25, 0.3) is 0 Å². The Bertz CT molecular complexity index is 367. The van der Waals surface area contributed by atoms with Crippen molar-refractivity contribution >= 4 is 5.69 Å². The van der Waals surface area contributed by atoms with Gasteiger partial charge < -0.3 is 15.0 Å². The molecule has 3 heteroatoms. The van der Waals surface area contributed by atoms with Gasteiger partial charge in [0.05, 0.1) is 12.3 Å². The zero-order chi connectivity index (χ0) is 12.8. The summed E-state index contributed by atoms with van der Waals surface area (Å²) in [4.78, 5) is 2.46. The van der Waals surface area contributed by atoms with Crippen molar-refractivity contribution in [2.45, 2.75) is 32.7 Å². The van der Waals surface area contributed by atoms with Crippen LogP contribution in [0.4, 0.5) is 5.69 Å². The van der Waals surface area contributed by atoms with Crippen molar-refractivity contribution < 1.29 is 4.74 Å². The largest absolute Gasteiger partial charge is 0.491 e. The normalized spacial score (nSPS) is 16.7. The highest BCUT2D eigenvalue weighted by Gasteiger charge is 2.20. The van der Waals surface area contributed by atoms with E-state index in [1.165, 1.54) is 12.1 Å². The van der Waals surface area contributed by atoms with Gasteiger partial charge in [0.25, 0.3) is 0 Å². The molecule has 1 heterocycles. The molecule has 0 saturated heterocycles. The van der Waals surface area contributed by atoms with E-state index in [4.69, 9.17) is 4.74 Å².